The third kappa shape index (κ3) is 5.99. The molecule has 1 aliphatic heterocycles. The highest BCUT2D eigenvalue weighted by molar-refractivity contribution is 5.74. The number of nitrogens with zero attached hydrogens (tertiary/aromatic N) is 3. The van der Waals surface area contributed by atoms with Gasteiger partial charge in [0.25, 0.3) is 0 Å². The maximum Gasteiger partial charge on any atom is 0.317 e. The Morgan fingerprint density at radius 2 is 1.79 bits per heavy atom. The molecule has 0 unspecified atom stereocenters. The summed E-state index contributed by atoms with van der Waals surface area (Å²) in [4.78, 5) is 19.0. The molecule has 2 aromatic carbocycles. The van der Waals surface area contributed by atoms with Crippen LogP contribution in [0.3, 0.4) is 0 Å². The number of piperazine rings is 1. The number of hydrogen-bond acceptors (Lipinski definition) is 3. The maximum atomic E-state index is 12.4. The van der Waals surface area contributed by atoms with Crippen molar-refractivity contribution in [1.29, 1.82) is 0 Å². The summed E-state index contributed by atoms with van der Waals surface area (Å²) in [6, 6.07) is 19.1. The molecular weight excluding hydrogens is 348 g/mol. The van der Waals surface area contributed by atoms with Crippen molar-refractivity contribution in [1.82, 2.24) is 15.1 Å². The van der Waals surface area contributed by atoms with E-state index in [-0.39, 0.29) is 6.03 Å². The Kier molecular flexibility index (Phi) is 7.31. The molecule has 0 aliphatic carbocycles. The van der Waals surface area contributed by atoms with Crippen LogP contribution in [0.15, 0.2) is 54.6 Å². The summed E-state index contributed by atoms with van der Waals surface area (Å²) in [5.74, 6) is 0. The fourth-order valence-electron chi connectivity index (χ4n) is 3.61. The van der Waals surface area contributed by atoms with E-state index in [0.717, 1.165) is 45.7 Å². The van der Waals surface area contributed by atoms with Crippen molar-refractivity contribution in [3.8, 4) is 0 Å². The third-order valence-electron chi connectivity index (χ3n) is 5.29. The van der Waals surface area contributed by atoms with E-state index in [1.807, 2.05) is 23.1 Å². The van der Waals surface area contributed by atoms with Gasteiger partial charge in [0.1, 0.15) is 0 Å². The lowest BCUT2D eigenvalue weighted by Crippen LogP contribution is -2.51. The Hall–Kier alpha value is -2.53. The first-order valence-corrected chi connectivity index (χ1v) is 10.2. The largest absolute Gasteiger partial charge is 0.375 e. The molecule has 1 aliphatic rings. The maximum absolute atomic E-state index is 12.4. The summed E-state index contributed by atoms with van der Waals surface area (Å²) < 4.78 is 0. The van der Waals surface area contributed by atoms with Crippen LogP contribution in [-0.2, 0) is 6.54 Å². The summed E-state index contributed by atoms with van der Waals surface area (Å²) >= 11 is 0. The second-order valence-corrected chi connectivity index (χ2v) is 7.59. The molecule has 150 valence electrons. The monoisotopic (exact) mass is 380 g/mol. The molecule has 2 aromatic rings. The minimum Gasteiger partial charge on any atom is -0.375 e. The van der Waals surface area contributed by atoms with Gasteiger partial charge in [0, 0.05) is 58.5 Å². The predicted octanol–water partition coefficient (Wildman–Crippen LogP) is 3.35. The van der Waals surface area contributed by atoms with Crippen molar-refractivity contribution < 1.29 is 4.79 Å². The van der Waals surface area contributed by atoms with Crippen LogP contribution in [0.25, 0.3) is 0 Å². The number of amides is 2. The fraction of sp³-hybridized carbons (Fsp3) is 0.435. The van der Waals surface area contributed by atoms with Gasteiger partial charge in [-0.1, -0.05) is 48.0 Å². The van der Waals surface area contributed by atoms with Gasteiger partial charge in [-0.05, 0) is 31.0 Å². The summed E-state index contributed by atoms with van der Waals surface area (Å²) in [5, 5.41) is 3.07. The van der Waals surface area contributed by atoms with Crippen molar-refractivity contribution in [2.24, 2.45) is 0 Å². The smallest absolute Gasteiger partial charge is 0.317 e. The topological polar surface area (TPSA) is 38.8 Å². The van der Waals surface area contributed by atoms with E-state index in [4.69, 9.17) is 0 Å². The predicted molar refractivity (Wildman–Crippen MR) is 116 cm³/mol. The Balaban J connectivity index is 1.33. The Labute approximate surface area is 168 Å². The van der Waals surface area contributed by atoms with Crippen molar-refractivity contribution in [3.05, 3.63) is 65.7 Å². The normalized spacial score (nSPS) is 14.7. The molecule has 0 bridgehead atoms. The first-order valence-electron chi connectivity index (χ1n) is 10.2. The molecule has 1 heterocycles. The zero-order valence-electron chi connectivity index (χ0n) is 17.1. The first kappa shape index (κ1) is 20.2. The SMILES string of the molecule is Cc1cccc(CN2CCN(C(=O)NCCCN(C)c3ccccc3)CC2)c1. The van der Waals surface area contributed by atoms with Gasteiger partial charge in [-0.25, -0.2) is 4.79 Å². The van der Waals surface area contributed by atoms with Crippen LogP contribution >= 0.6 is 0 Å². The Morgan fingerprint density at radius 3 is 2.50 bits per heavy atom. The van der Waals surface area contributed by atoms with Crippen LogP contribution in [0, 0.1) is 6.92 Å². The molecule has 1 saturated heterocycles. The molecule has 28 heavy (non-hydrogen) atoms. The molecule has 2 amide bonds. The van der Waals surface area contributed by atoms with E-state index in [1.54, 1.807) is 0 Å². The van der Waals surface area contributed by atoms with Gasteiger partial charge < -0.3 is 15.1 Å². The first-order chi connectivity index (χ1) is 13.6. The number of hydrogen-bond donors (Lipinski definition) is 1. The lowest BCUT2D eigenvalue weighted by Gasteiger charge is -2.34. The molecule has 1 N–H and O–H groups in total. The average molecular weight is 381 g/mol. The minimum absolute atomic E-state index is 0.0672. The van der Waals surface area contributed by atoms with Crippen LogP contribution in [0.2, 0.25) is 0 Å². The second-order valence-electron chi connectivity index (χ2n) is 7.59. The molecule has 0 aromatic heterocycles. The lowest BCUT2D eigenvalue weighted by molar-refractivity contribution is 0.135. The lowest BCUT2D eigenvalue weighted by atomic mass is 10.1. The molecule has 0 atom stereocenters. The number of para-hydroxylation sites is 1. The number of benzene rings is 2. The molecule has 0 radical (unpaired) electrons. The van der Waals surface area contributed by atoms with Gasteiger partial charge in [0.2, 0.25) is 0 Å². The molecule has 0 saturated carbocycles. The Bertz CT molecular complexity index is 741. The van der Waals surface area contributed by atoms with E-state index < -0.39 is 0 Å². The molecule has 5 nitrogen and oxygen atoms in total. The van der Waals surface area contributed by atoms with E-state index in [9.17, 15) is 4.79 Å². The van der Waals surface area contributed by atoms with Gasteiger partial charge in [-0.3, -0.25) is 4.90 Å². The zero-order chi connectivity index (χ0) is 19.8. The van der Waals surface area contributed by atoms with E-state index in [0.29, 0.717) is 6.54 Å². The third-order valence-corrected chi connectivity index (χ3v) is 5.29. The number of nitrogens with one attached hydrogen (secondary N) is 1. The standard InChI is InChI=1S/C23H32N4O/c1-20-8-6-9-21(18-20)19-26-14-16-27(17-15-26)23(28)24-12-7-13-25(2)22-10-4-3-5-11-22/h3-6,8-11,18H,7,12-17,19H2,1-2H3,(H,24,28). The molecule has 1 fully saturated rings. The van der Waals surface area contributed by atoms with Gasteiger partial charge in [-0.15, -0.1) is 0 Å². The van der Waals surface area contributed by atoms with Crippen LogP contribution in [-0.4, -0.2) is 62.1 Å². The van der Waals surface area contributed by atoms with Crippen LogP contribution in [0.5, 0.6) is 0 Å². The van der Waals surface area contributed by atoms with E-state index in [2.05, 4.69) is 65.5 Å². The summed E-state index contributed by atoms with van der Waals surface area (Å²) in [6.45, 7) is 8.17. The quantitative estimate of drug-likeness (QED) is 0.749. The van der Waals surface area contributed by atoms with Gasteiger partial charge in [-0.2, -0.15) is 0 Å². The molecule has 3 rings (SSSR count). The fourth-order valence-corrected chi connectivity index (χ4v) is 3.61. The number of anilines is 1. The number of urea groups is 1. The molecule has 0 spiro atoms. The van der Waals surface area contributed by atoms with Crippen LogP contribution in [0.4, 0.5) is 10.5 Å². The van der Waals surface area contributed by atoms with E-state index >= 15 is 0 Å². The molecule has 5 heteroatoms. The highest BCUT2D eigenvalue weighted by atomic mass is 16.2. The van der Waals surface area contributed by atoms with Crippen LogP contribution in [0.1, 0.15) is 17.5 Å². The van der Waals surface area contributed by atoms with Crippen molar-refractivity contribution in [2.45, 2.75) is 19.9 Å². The number of rotatable bonds is 7. The average Bonchev–Trinajstić information content (AvgIpc) is 2.72. The van der Waals surface area contributed by atoms with Crippen molar-refractivity contribution in [2.75, 3.05) is 51.2 Å². The molecular formula is C23H32N4O. The van der Waals surface area contributed by atoms with E-state index in [1.165, 1.54) is 16.8 Å². The van der Waals surface area contributed by atoms with Crippen LogP contribution < -0.4 is 10.2 Å². The summed E-state index contributed by atoms with van der Waals surface area (Å²) in [7, 11) is 2.09. The number of carbonyl (C=O) groups excluding carboxylic acids is 1. The summed E-state index contributed by atoms with van der Waals surface area (Å²) in [5.41, 5.74) is 3.85. The Morgan fingerprint density at radius 1 is 1.04 bits per heavy atom. The number of aryl methyl sites for hydroxylation is 1. The summed E-state index contributed by atoms with van der Waals surface area (Å²) in [6.07, 6.45) is 0.935. The van der Waals surface area contributed by atoms with Crippen molar-refractivity contribution >= 4 is 11.7 Å². The number of carbonyl (C=O) groups is 1. The highest BCUT2D eigenvalue weighted by Crippen LogP contribution is 2.12. The van der Waals surface area contributed by atoms with Gasteiger partial charge in [0.15, 0.2) is 0 Å². The van der Waals surface area contributed by atoms with Gasteiger partial charge in [0.05, 0.1) is 0 Å². The second kappa shape index (κ2) is 10.1. The minimum atomic E-state index is 0.0672. The zero-order valence-corrected chi connectivity index (χ0v) is 17.1. The van der Waals surface area contributed by atoms with Crippen molar-refractivity contribution in [3.63, 3.8) is 0 Å². The highest BCUT2D eigenvalue weighted by Gasteiger charge is 2.20. The van der Waals surface area contributed by atoms with Gasteiger partial charge >= 0.3 is 6.03 Å².